The molecule has 0 spiro atoms. The Balaban J connectivity index is 2.31. The number of benzene rings is 1. The van der Waals surface area contributed by atoms with Crippen molar-refractivity contribution in [3.05, 3.63) is 30.6 Å². The van der Waals surface area contributed by atoms with Crippen molar-refractivity contribution in [1.82, 2.24) is 14.8 Å². The van der Waals surface area contributed by atoms with Crippen LogP contribution < -0.4 is 5.32 Å². The van der Waals surface area contributed by atoms with Crippen molar-refractivity contribution in [2.24, 2.45) is 13.0 Å². The van der Waals surface area contributed by atoms with E-state index in [9.17, 15) is 0 Å². The summed E-state index contributed by atoms with van der Waals surface area (Å²) in [5, 5.41) is 11.5. The molecular formula is C13H18N4. The van der Waals surface area contributed by atoms with E-state index >= 15 is 0 Å². The maximum absolute atomic E-state index is 4.15. The summed E-state index contributed by atoms with van der Waals surface area (Å²) in [6.07, 6.45) is 1.72. The predicted molar refractivity (Wildman–Crippen MR) is 69.8 cm³/mol. The van der Waals surface area contributed by atoms with Crippen LogP contribution in [0.3, 0.4) is 0 Å². The van der Waals surface area contributed by atoms with E-state index in [4.69, 9.17) is 0 Å². The van der Waals surface area contributed by atoms with E-state index in [0.29, 0.717) is 5.92 Å². The van der Waals surface area contributed by atoms with E-state index in [2.05, 4.69) is 41.5 Å². The number of hydrogen-bond acceptors (Lipinski definition) is 3. The van der Waals surface area contributed by atoms with Crippen LogP contribution in [-0.4, -0.2) is 21.3 Å². The Hall–Kier alpha value is -1.84. The van der Waals surface area contributed by atoms with Gasteiger partial charge in [0.2, 0.25) is 0 Å². The lowest BCUT2D eigenvalue weighted by Crippen LogP contribution is -2.09. The first-order valence-corrected chi connectivity index (χ1v) is 5.85. The summed E-state index contributed by atoms with van der Waals surface area (Å²) in [6.45, 7) is 5.34. The molecule has 90 valence electrons. The van der Waals surface area contributed by atoms with Gasteiger partial charge >= 0.3 is 0 Å². The Morgan fingerprint density at radius 2 is 2.06 bits per heavy atom. The van der Waals surface area contributed by atoms with Crippen molar-refractivity contribution < 1.29 is 0 Å². The molecule has 1 aromatic heterocycles. The summed E-state index contributed by atoms with van der Waals surface area (Å²) in [7, 11) is 1.95. The zero-order valence-corrected chi connectivity index (χ0v) is 10.5. The van der Waals surface area contributed by atoms with Crippen molar-refractivity contribution in [2.75, 3.05) is 11.9 Å². The molecule has 2 aromatic rings. The molecule has 2 rings (SSSR count). The monoisotopic (exact) mass is 230 g/mol. The summed E-state index contributed by atoms with van der Waals surface area (Å²) in [6, 6.07) is 8.19. The summed E-state index contributed by atoms with van der Waals surface area (Å²) in [5.74, 6) is 1.50. The van der Waals surface area contributed by atoms with E-state index < -0.39 is 0 Å². The third-order valence-corrected chi connectivity index (χ3v) is 2.58. The minimum absolute atomic E-state index is 0.613. The largest absolute Gasteiger partial charge is 0.384 e. The average molecular weight is 230 g/mol. The highest BCUT2D eigenvalue weighted by molar-refractivity contribution is 5.73. The maximum Gasteiger partial charge on any atom is 0.165 e. The molecule has 1 heterocycles. The first-order chi connectivity index (χ1) is 8.18. The molecule has 4 nitrogen and oxygen atoms in total. The van der Waals surface area contributed by atoms with Gasteiger partial charge in [-0.2, -0.15) is 0 Å². The summed E-state index contributed by atoms with van der Waals surface area (Å²) >= 11 is 0. The molecule has 1 aromatic carbocycles. The number of nitrogens with zero attached hydrogens (tertiary/aromatic N) is 3. The minimum Gasteiger partial charge on any atom is -0.384 e. The van der Waals surface area contributed by atoms with E-state index in [1.54, 1.807) is 6.33 Å². The predicted octanol–water partition coefficient (Wildman–Crippen LogP) is 2.55. The van der Waals surface area contributed by atoms with Crippen LogP contribution in [0.25, 0.3) is 11.4 Å². The zero-order chi connectivity index (χ0) is 12.3. The molecule has 0 bridgehead atoms. The van der Waals surface area contributed by atoms with Crippen LogP contribution >= 0.6 is 0 Å². The van der Waals surface area contributed by atoms with Crippen LogP contribution in [-0.2, 0) is 7.05 Å². The lowest BCUT2D eigenvalue weighted by molar-refractivity contribution is 0.689. The number of aromatic nitrogens is 3. The summed E-state index contributed by atoms with van der Waals surface area (Å²) < 4.78 is 1.93. The van der Waals surface area contributed by atoms with Crippen molar-refractivity contribution in [1.29, 1.82) is 0 Å². The first kappa shape index (κ1) is 11.6. The zero-order valence-electron chi connectivity index (χ0n) is 10.5. The minimum atomic E-state index is 0.613. The van der Waals surface area contributed by atoms with Crippen molar-refractivity contribution in [3.8, 4) is 11.4 Å². The normalized spacial score (nSPS) is 10.8. The van der Waals surface area contributed by atoms with Gasteiger partial charge in [-0.05, 0) is 18.1 Å². The van der Waals surface area contributed by atoms with E-state index in [1.807, 2.05) is 23.7 Å². The smallest absolute Gasteiger partial charge is 0.165 e. The Kier molecular flexibility index (Phi) is 3.42. The molecule has 0 saturated carbocycles. The highest BCUT2D eigenvalue weighted by Gasteiger charge is 2.09. The van der Waals surface area contributed by atoms with Gasteiger partial charge in [0.05, 0.1) is 0 Å². The number of nitrogens with one attached hydrogen (secondary N) is 1. The van der Waals surface area contributed by atoms with Crippen LogP contribution in [0.5, 0.6) is 0 Å². The third kappa shape index (κ3) is 2.64. The van der Waals surface area contributed by atoms with Crippen molar-refractivity contribution in [2.45, 2.75) is 13.8 Å². The number of hydrogen-bond donors (Lipinski definition) is 1. The lowest BCUT2D eigenvalue weighted by atomic mass is 10.1. The van der Waals surface area contributed by atoms with Gasteiger partial charge in [0.25, 0.3) is 0 Å². The van der Waals surface area contributed by atoms with Gasteiger partial charge in [-0.1, -0.05) is 26.0 Å². The lowest BCUT2D eigenvalue weighted by Gasteiger charge is -2.12. The quantitative estimate of drug-likeness (QED) is 0.877. The fourth-order valence-corrected chi connectivity index (χ4v) is 1.67. The number of aryl methyl sites for hydroxylation is 1. The maximum atomic E-state index is 4.15. The molecule has 0 aliphatic rings. The summed E-state index contributed by atoms with van der Waals surface area (Å²) in [5.41, 5.74) is 2.20. The second-order valence-corrected chi connectivity index (χ2v) is 4.59. The average Bonchev–Trinajstić information content (AvgIpc) is 2.73. The van der Waals surface area contributed by atoms with Gasteiger partial charge in [0.15, 0.2) is 5.82 Å². The Morgan fingerprint density at radius 1 is 1.29 bits per heavy atom. The SMILES string of the molecule is CC(C)CNc1ccccc1-c1nncn1C. The second-order valence-electron chi connectivity index (χ2n) is 4.59. The van der Waals surface area contributed by atoms with Crippen LogP contribution in [0.4, 0.5) is 5.69 Å². The molecule has 4 heteroatoms. The highest BCUT2D eigenvalue weighted by Crippen LogP contribution is 2.25. The van der Waals surface area contributed by atoms with Crippen molar-refractivity contribution in [3.63, 3.8) is 0 Å². The molecule has 0 radical (unpaired) electrons. The van der Waals surface area contributed by atoms with E-state index in [1.165, 1.54) is 0 Å². The fraction of sp³-hybridized carbons (Fsp3) is 0.385. The number of para-hydroxylation sites is 1. The van der Waals surface area contributed by atoms with Gasteiger partial charge in [-0.15, -0.1) is 10.2 Å². The van der Waals surface area contributed by atoms with Crippen LogP contribution in [0.15, 0.2) is 30.6 Å². The molecule has 0 aliphatic heterocycles. The molecule has 0 saturated heterocycles. The molecule has 0 aliphatic carbocycles. The highest BCUT2D eigenvalue weighted by atomic mass is 15.2. The molecule has 0 amide bonds. The molecule has 1 N–H and O–H groups in total. The van der Waals surface area contributed by atoms with E-state index in [0.717, 1.165) is 23.6 Å². The van der Waals surface area contributed by atoms with Crippen LogP contribution in [0.2, 0.25) is 0 Å². The third-order valence-electron chi connectivity index (χ3n) is 2.58. The fourth-order valence-electron chi connectivity index (χ4n) is 1.67. The molecule has 0 unspecified atom stereocenters. The van der Waals surface area contributed by atoms with E-state index in [-0.39, 0.29) is 0 Å². The second kappa shape index (κ2) is 4.99. The molecule has 0 atom stereocenters. The number of rotatable bonds is 4. The van der Waals surface area contributed by atoms with Crippen LogP contribution in [0.1, 0.15) is 13.8 Å². The molecule has 17 heavy (non-hydrogen) atoms. The Morgan fingerprint density at radius 3 is 2.71 bits per heavy atom. The Labute approximate surface area is 102 Å². The van der Waals surface area contributed by atoms with Gasteiger partial charge < -0.3 is 9.88 Å². The van der Waals surface area contributed by atoms with Gasteiger partial charge in [0.1, 0.15) is 6.33 Å². The van der Waals surface area contributed by atoms with Gasteiger partial charge in [-0.3, -0.25) is 0 Å². The van der Waals surface area contributed by atoms with Crippen LogP contribution in [0, 0.1) is 5.92 Å². The van der Waals surface area contributed by atoms with Gasteiger partial charge in [0, 0.05) is 24.8 Å². The number of anilines is 1. The molecular weight excluding hydrogens is 212 g/mol. The standard InChI is InChI=1S/C13H18N4/c1-10(2)8-14-12-7-5-4-6-11(12)13-16-15-9-17(13)3/h4-7,9-10,14H,8H2,1-3H3. The topological polar surface area (TPSA) is 42.7 Å². The summed E-state index contributed by atoms with van der Waals surface area (Å²) in [4.78, 5) is 0. The van der Waals surface area contributed by atoms with Gasteiger partial charge in [-0.25, -0.2) is 0 Å². The first-order valence-electron chi connectivity index (χ1n) is 5.85. The molecule has 0 fully saturated rings. The van der Waals surface area contributed by atoms with Crippen molar-refractivity contribution >= 4 is 5.69 Å². The Bertz CT molecular complexity index is 488.